The van der Waals surface area contributed by atoms with E-state index >= 15 is 0 Å². The van der Waals surface area contributed by atoms with Gasteiger partial charge in [-0.1, -0.05) is 30.3 Å². The number of piperidine rings is 1. The summed E-state index contributed by atoms with van der Waals surface area (Å²) in [5, 5.41) is 3.38. The molecule has 1 N–H and O–H groups in total. The van der Waals surface area contributed by atoms with Crippen molar-refractivity contribution in [3.8, 4) is 0 Å². The molecule has 1 heterocycles. The smallest absolute Gasteiger partial charge is 0.310 e. The summed E-state index contributed by atoms with van der Waals surface area (Å²) in [5.74, 6) is 0.605. The van der Waals surface area contributed by atoms with Gasteiger partial charge in [-0.25, -0.2) is 0 Å². The van der Waals surface area contributed by atoms with Gasteiger partial charge in [-0.2, -0.15) is 0 Å². The molecule has 26 heavy (non-hydrogen) atoms. The summed E-state index contributed by atoms with van der Waals surface area (Å²) in [4.78, 5) is 18.5. The molecular formula is C19H30IN3O3. The van der Waals surface area contributed by atoms with Crippen molar-refractivity contribution in [1.29, 1.82) is 0 Å². The van der Waals surface area contributed by atoms with Gasteiger partial charge >= 0.3 is 5.97 Å². The van der Waals surface area contributed by atoms with Gasteiger partial charge < -0.3 is 19.7 Å². The molecule has 0 spiro atoms. The summed E-state index contributed by atoms with van der Waals surface area (Å²) >= 11 is 0. The molecule has 1 aliphatic heterocycles. The van der Waals surface area contributed by atoms with Crippen LogP contribution in [-0.2, 0) is 14.3 Å². The van der Waals surface area contributed by atoms with Gasteiger partial charge in [-0.05, 0) is 25.3 Å². The lowest BCUT2D eigenvalue weighted by Gasteiger charge is -2.34. The quantitative estimate of drug-likeness (QED) is 0.297. The second kappa shape index (κ2) is 12.1. The highest BCUT2D eigenvalue weighted by Gasteiger charge is 2.28. The van der Waals surface area contributed by atoms with Gasteiger partial charge in [0.2, 0.25) is 0 Å². The number of rotatable bonds is 6. The normalized spacial score (nSPS) is 18.7. The Labute approximate surface area is 173 Å². The van der Waals surface area contributed by atoms with E-state index in [0.29, 0.717) is 19.7 Å². The molecule has 1 aromatic carbocycles. The maximum atomic E-state index is 12.0. The summed E-state index contributed by atoms with van der Waals surface area (Å²) in [6.07, 6.45) is 1.77. The number of guanidine groups is 1. The van der Waals surface area contributed by atoms with Gasteiger partial charge in [0.25, 0.3) is 0 Å². The Kier molecular flexibility index (Phi) is 10.6. The Morgan fingerprint density at radius 2 is 2.12 bits per heavy atom. The summed E-state index contributed by atoms with van der Waals surface area (Å²) in [6, 6.07) is 10.1. The van der Waals surface area contributed by atoms with Crippen molar-refractivity contribution in [2.75, 3.05) is 40.4 Å². The van der Waals surface area contributed by atoms with Gasteiger partial charge in [0, 0.05) is 33.8 Å². The van der Waals surface area contributed by atoms with Crippen molar-refractivity contribution in [3.63, 3.8) is 0 Å². The molecule has 1 fully saturated rings. The molecule has 1 aliphatic rings. The van der Waals surface area contributed by atoms with Crippen LogP contribution in [0.1, 0.15) is 31.4 Å². The highest BCUT2D eigenvalue weighted by atomic mass is 127. The van der Waals surface area contributed by atoms with E-state index < -0.39 is 0 Å². The summed E-state index contributed by atoms with van der Waals surface area (Å²) < 4.78 is 10.8. The van der Waals surface area contributed by atoms with Gasteiger partial charge in [-0.15, -0.1) is 24.0 Å². The number of benzene rings is 1. The van der Waals surface area contributed by atoms with Crippen molar-refractivity contribution in [1.82, 2.24) is 10.2 Å². The monoisotopic (exact) mass is 475 g/mol. The fourth-order valence-corrected chi connectivity index (χ4v) is 3.14. The van der Waals surface area contributed by atoms with Crippen molar-refractivity contribution in [2.24, 2.45) is 10.9 Å². The summed E-state index contributed by atoms with van der Waals surface area (Å²) in [6.45, 7) is 4.41. The minimum atomic E-state index is -0.110. The van der Waals surface area contributed by atoms with Crippen molar-refractivity contribution in [2.45, 2.75) is 25.9 Å². The van der Waals surface area contributed by atoms with Crippen molar-refractivity contribution >= 4 is 35.9 Å². The Bertz CT molecular complexity index is 568. The minimum absolute atomic E-state index is 0. The molecule has 146 valence electrons. The molecule has 7 heteroatoms. The summed E-state index contributed by atoms with van der Waals surface area (Å²) in [7, 11) is 3.47. The van der Waals surface area contributed by atoms with Crippen LogP contribution in [0.2, 0.25) is 0 Å². The lowest BCUT2D eigenvalue weighted by molar-refractivity contribution is -0.149. The van der Waals surface area contributed by atoms with Crippen LogP contribution < -0.4 is 5.32 Å². The number of esters is 1. The Hall–Kier alpha value is -1.35. The van der Waals surface area contributed by atoms with Crippen LogP contribution in [0.4, 0.5) is 0 Å². The van der Waals surface area contributed by atoms with E-state index in [0.717, 1.165) is 30.9 Å². The van der Waals surface area contributed by atoms with Gasteiger partial charge in [0.05, 0.1) is 18.6 Å². The first kappa shape index (κ1) is 22.7. The zero-order chi connectivity index (χ0) is 18.1. The van der Waals surface area contributed by atoms with E-state index in [1.54, 1.807) is 14.2 Å². The number of hydrogen-bond acceptors (Lipinski definition) is 4. The fourth-order valence-electron chi connectivity index (χ4n) is 3.14. The van der Waals surface area contributed by atoms with E-state index in [1.807, 2.05) is 25.1 Å². The molecule has 2 rings (SSSR count). The molecule has 0 amide bonds. The predicted octanol–water partition coefficient (Wildman–Crippen LogP) is 2.84. The maximum absolute atomic E-state index is 12.0. The van der Waals surface area contributed by atoms with E-state index in [9.17, 15) is 4.79 Å². The van der Waals surface area contributed by atoms with Crippen LogP contribution in [0, 0.1) is 5.92 Å². The molecule has 0 saturated carbocycles. The predicted molar refractivity (Wildman–Crippen MR) is 114 cm³/mol. The van der Waals surface area contributed by atoms with E-state index in [4.69, 9.17) is 9.47 Å². The molecule has 0 aliphatic carbocycles. The highest BCUT2D eigenvalue weighted by Crippen LogP contribution is 2.19. The fraction of sp³-hybridized carbons (Fsp3) is 0.579. The first-order valence-electron chi connectivity index (χ1n) is 8.89. The molecule has 2 atom stereocenters. The third kappa shape index (κ3) is 6.42. The van der Waals surface area contributed by atoms with Crippen LogP contribution in [-0.4, -0.2) is 57.2 Å². The number of nitrogens with zero attached hydrogens (tertiary/aromatic N) is 2. The third-order valence-corrected chi connectivity index (χ3v) is 4.45. The lowest BCUT2D eigenvalue weighted by Crippen LogP contribution is -2.49. The number of nitrogens with one attached hydrogen (secondary N) is 1. The standard InChI is InChI=1S/C19H29N3O3.HI/c1-4-25-18(23)16-11-8-12-22(14-16)19(20-2)21-13-17(24-3)15-9-6-5-7-10-15;/h5-7,9-10,16-17H,4,8,11-14H2,1-3H3,(H,20,21);1H. The molecule has 6 nitrogen and oxygen atoms in total. The minimum Gasteiger partial charge on any atom is -0.466 e. The van der Waals surface area contributed by atoms with Crippen LogP contribution in [0.3, 0.4) is 0 Å². The Morgan fingerprint density at radius 3 is 2.73 bits per heavy atom. The van der Waals surface area contributed by atoms with Gasteiger partial charge in [0.15, 0.2) is 5.96 Å². The first-order valence-corrected chi connectivity index (χ1v) is 8.89. The molecule has 0 bridgehead atoms. The van der Waals surface area contributed by atoms with Gasteiger partial charge in [0.1, 0.15) is 0 Å². The van der Waals surface area contributed by atoms with Gasteiger partial charge in [-0.3, -0.25) is 9.79 Å². The third-order valence-electron chi connectivity index (χ3n) is 4.45. The lowest BCUT2D eigenvalue weighted by atomic mass is 9.98. The van der Waals surface area contributed by atoms with Crippen LogP contribution >= 0.6 is 24.0 Å². The molecule has 0 aromatic heterocycles. The number of carbonyl (C=O) groups is 1. The number of aliphatic imine (C=N–C) groups is 1. The highest BCUT2D eigenvalue weighted by molar-refractivity contribution is 14.0. The zero-order valence-electron chi connectivity index (χ0n) is 15.8. The van der Waals surface area contributed by atoms with E-state index in [-0.39, 0.29) is 42.0 Å². The second-order valence-corrected chi connectivity index (χ2v) is 6.10. The molecule has 0 radical (unpaired) electrons. The SMILES string of the molecule is CCOC(=O)C1CCCN(C(=NC)NCC(OC)c2ccccc2)C1.I. The number of hydrogen-bond donors (Lipinski definition) is 1. The van der Waals surface area contributed by atoms with Crippen LogP contribution in [0.5, 0.6) is 0 Å². The zero-order valence-corrected chi connectivity index (χ0v) is 18.1. The number of halogens is 1. The van der Waals surface area contributed by atoms with E-state index in [2.05, 4.69) is 27.3 Å². The van der Waals surface area contributed by atoms with E-state index in [1.165, 1.54) is 0 Å². The first-order chi connectivity index (χ1) is 12.2. The maximum Gasteiger partial charge on any atom is 0.310 e. The van der Waals surface area contributed by atoms with Crippen LogP contribution in [0.15, 0.2) is 35.3 Å². The second-order valence-electron chi connectivity index (χ2n) is 6.10. The van der Waals surface area contributed by atoms with Crippen LogP contribution in [0.25, 0.3) is 0 Å². The Balaban J connectivity index is 0.00000338. The number of carbonyl (C=O) groups excluding carboxylic acids is 1. The number of likely N-dealkylation sites (tertiary alicyclic amines) is 1. The topological polar surface area (TPSA) is 63.2 Å². The van der Waals surface area contributed by atoms with Crippen molar-refractivity contribution in [3.05, 3.63) is 35.9 Å². The molecule has 1 aromatic rings. The van der Waals surface area contributed by atoms with Crippen molar-refractivity contribution < 1.29 is 14.3 Å². The Morgan fingerprint density at radius 1 is 1.38 bits per heavy atom. The average molecular weight is 475 g/mol. The number of ether oxygens (including phenoxy) is 2. The molecule has 1 saturated heterocycles. The largest absolute Gasteiger partial charge is 0.466 e. The molecule has 2 unspecified atom stereocenters. The summed E-state index contributed by atoms with van der Waals surface area (Å²) in [5.41, 5.74) is 1.12. The number of methoxy groups -OCH3 is 1. The molecular weight excluding hydrogens is 445 g/mol. The average Bonchev–Trinajstić information content (AvgIpc) is 2.66.